The zero-order chi connectivity index (χ0) is 39.0. The van der Waals surface area contributed by atoms with Gasteiger partial charge >= 0.3 is 0 Å². The number of sulfonamides is 1. The number of nitrogens with one attached hydrogen (secondary N) is 3. The number of aryl methyl sites for hydroxylation is 1. The van der Waals surface area contributed by atoms with E-state index in [-0.39, 0.29) is 36.9 Å². The molecule has 0 radical (unpaired) electrons. The van der Waals surface area contributed by atoms with Crippen LogP contribution in [0.25, 0.3) is 32.3 Å². The third-order valence-corrected chi connectivity index (χ3v) is 13.4. The fraction of sp³-hybridized carbons (Fsp3) is 0.304. The van der Waals surface area contributed by atoms with Crippen molar-refractivity contribution in [3.63, 3.8) is 0 Å². The first-order valence-electron chi connectivity index (χ1n) is 19.7. The van der Waals surface area contributed by atoms with Crippen molar-refractivity contribution in [2.75, 3.05) is 25.0 Å². The van der Waals surface area contributed by atoms with Crippen molar-refractivity contribution in [3.8, 4) is 0 Å². The van der Waals surface area contributed by atoms with Crippen LogP contribution in [-0.2, 0) is 39.1 Å². The van der Waals surface area contributed by atoms with Crippen molar-refractivity contribution in [1.82, 2.24) is 14.9 Å². The average Bonchev–Trinajstić information content (AvgIpc) is 3.21. The highest BCUT2D eigenvalue weighted by atomic mass is 32.2. The number of amides is 2. The van der Waals surface area contributed by atoms with Crippen LogP contribution in [-0.4, -0.2) is 50.2 Å². The third kappa shape index (κ3) is 7.18. The average molecular weight is 768 g/mol. The second kappa shape index (κ2) is 15.8. The van der Waals surface area contributed by atoms with Gasteiger partial charge in [0.15, 0.2) is 0 Å². The van der Waals surface area contributed by atoms with E-state index < -0.39 is 27.9 Å². The zero-order valence-electron chi connectivity index (χ0n) is 32.0. The van der Waals surface area contributed by atoms with Gasteiger partial charge in [0.1, 0.15) is 6.04 Å². The highest BCUT2D eigenvalue weighted by molar-refractivity contribution is 7.89. The molecule has 1 heterocycles. The lowest BCUT2D eigenvalue weighted by molar-refractivity contribution is -0.130. The van der Waals surface area contributed by atoms with Crippen LogP contribution in [0.1, 0.15) is 66.8 Å². The largest absolute Gasteiger partial charge is 0.353 e. The number of hydrogen-bond donors (Lipinski definition) is 4. The highest BCUT2D eigenvalue weighted by Gasteiger charge is 2.40. The third-order valence-electron chi connectivity index (χ3n) is 11.5. The summed E-state index contributed by atoms with van der Waals surface area (Å²) >= 11 is 0. The van der Waals surface area contributed by atoms with Gasteiger partial charge in [-0.2, -0.15) is 4.31 Å². The molecule has 2 amide bonds. The summed E-state index contributed by atoms with van der Waals surface area (Å²) in [5.41, 5.74) is 12.1. The molecule has 1 aliphatic carbocycles. The first kappa shape index (κ1) is 37.8. The number of carbonyl (C=O) groups excluding carboxylic acids is 2. The molecule has 288 valence electrons. The van der Waals surface area contributed by atoms with Gasteiger partial charge < -0.3 is 21.7 Å². The smallest absolute Gasteiger partial charge is 0.243 e. The van der Waals surface area contributed by atoms with Crippen LogP contribution in [0.2, 0.25) is 0 Å². The number of piperazine rings is 1. The lowest BCUT2D eigenvalue weighted by Crippen LogP contribution is -2.57. The van der Waals surface area contributed by atoms with Gasteiger partial charge in [0.25, 0.3) is 0 Å². The second-order valence-corrected chi connectivity index (χ2v) is 17.4. The number of carbonyl (C=O) groups is 2. The fourth-order valence-corrected chi connectivity index (χ4v) is 10.3. The number of nitrogens with two attached hydrogens (primary N) is 1. The molecule has 0 saturated carbocycles. The van der Waals surface area contributed by atoms with Crippen LogP contribution in [0.4, 0.5) is 5.69 Å². The molecular weight excluding hydrogens is 719 g/mol. The van der Waals surface area contributed by atoms with Crippen LogP contribution in [0, 0.1) is 5.92 Å². The van der Waals surface area contributed by atoms with Crippen molar-refractivity contribution in [3.05, 3.63) is 131 Å². The van der Waals surface area contributed by atoms with Gasteiger partial charge in [0, 0.05) is 37.5 Å². The van der Waals surface area contributed by atoms with E-state index in [0.717, 1.165) is 58.6 Å². The maximum atomic E-state index is 14.2. The lowest BCUT2D eigenvalue weighted by atomic mass is 9.75. The predicted octanol–water partition coefficient (Wildman–Crippen LogP) is 7.34. The van der Waals surface area contributed by atoms with Gasteiger partial charge in [-0.25, -0.2) is 8.42 Å². The molecule has 1 aliphatic heterocycles. The van der Waals surface area contributed by atoms with E-state index in [1.807, 2.05) is 24.3 Å². The summed E-state index contributed by atoms with van der Waals surface area (Å²) in [7, 11) is -4.08. The van der Waals surface area contributed by atoms with E-state index in [1.54, 1.807) is 12.1 Å². The Kier molecular flexibility index (Phi) is 10.6. The number of nitrogens with zero attached hydrogens (tertiary/aromatic N) is 1. The highest BCUT2D eigenvalue weighted by Crippen LogP contribution is 2.45. The first-order valence-corrected chi connectivity index (χ1v) is 21.1. The van der Waals surface area contributed by atoms with Gasteiger partial charge in [0.05, 0.1) is 17.0 Å². The predicted molar refractivity (Wildman–Crippen MR) is 225 cm³/mol. The molecule has 9 nitrogen and oxygen atoms in total. The zero-order valence-corrected chi connectivity index (χ0v) is 32.8. The first-order chi connectivity index (χ1) is 27.1. The second-order valence-electron chi connectivity index (χ2n) is 15.6. The van der Waals surface area contributed by atoms with Crippen molar-refractivity contribution in [2.24, 2.45) is 11.7 Å². The number of anilines is 1. The molecule has 1 saturated heterocycles. The van der Waals surface area contributed by atoms with E-state index in [2.05, 4.69) is 84.4 Å². The van der Waals surface area contributed by atoms with Crippen LogP contribution in [0.5, 0.6) is 0 Å². The summed E-state index contributed by atoms with van der Waals surface area (Å²) in [4.78, 5) is 27.6. The minimum atomic E-state index is -4.08. The molecule has 10 heteroatoms. The Bertz CT molecular complexity index is 2570. The van der Waals surface area contributed by atoms with Gasteiger partial charge in [-0.15, -0.1) is 0 Å². The van der Waals surface area contributed by atoms with E-state index in [1.165, 1.54) is 50.4 Å². The molecule has 0 bridgehead atoms. The van der Waals surface area contributed by atoms with Crippen LogP contribution < -0.4 is 21.7 Å². The Morgan fingerprint density at radius 2 is 1.59 bits per heavy atom. The lowest BCUT2D eigenvalue weighted by Gasteiger charge is -2.34. The quantitative estimate of drug-likeness (QED) is 0.102. The van der Waals surface area contributed by atoms with Crippen molar-refractivity contribution < 1.29 is 18.0 Å². The summed E-state index contributed by atoms with van der Waals surface area (Å²) in [5.74, 6) is -0.351. The maximum absolute atomic E-state index is 14.2. The molecule has 1 fully saturated rings. The van der Waals surface area contributed by atoms with Crippen LogP contribution in [0.15, 0.2) is 108 Å². The van der Waals surface area contributed by atoms with Crippen LogP contribution >= 0.6 is 0 Å². The fourth-order valence-electron chi connectivity index (χ4n) is 8.73. The summed E-state index contributed by atoms with van der Waals surface area (Å²) < 4.78 is 28.9. The minimum Gasteiger partial charge on any atom is -0.353 e. The molecule has 2 aliphatic rings. The molecule has 56 heavy (non-hydrogen) atoms. The number of rotatable bonds is 11. The van der Waals surface area contributed by atoms with Crippen molar-refractivity contribution in [1.29, 1.82) is 0 Å². The van der Waals surface area contributed by atoms with E-state index >= 15 is 0 Å². The minimum absolute atomic E-state index is 0.0170. The topological polar surface area (TPSA) is 134 Å². The van der Waals surface area contributed by atoms with Gasteiger partial charge in [-0.1, -0.05) is 98.8 Å². The molecule has 0 aromatic heterocycles. The Morgan fingerprint density at radius 3 is 2.36 bits per heavy atom. The molecule has 6 aromatic rings. The van der Waals surface area contributed by atoms with E-state index in [9.17, 15) is 18.0 Å². The van der Waals surface area contributed by atoms with Gasteiger partial charge in [0.2, 0.25) is 21.8 Å². The van der Waals surface area contributed by atoms with E-state index in [4.69, 9.17) is 5.73 Å². The van der Waals surface area contributed by atoms with Crippen LogP contribution in [0.3, 0.4) is 0 Å². The Hall–Kier alpha value is -5.13. The Labute approximate surface area is 328 Å². The van der Waals surface area contributed by atoms with Gasteiger partial charge in [-0.3, -0.25) is 9.59 Å². The maximum Gasteiger partial charge on any atom is 0.243 e. The molecule has 5 N–H and O–H groups in total. The monoisotopic (exact) mass is 767 g/mol. The van der Waals surface area contributed by atoms with Crippen molar-refractivity contribution >= 4 is 59.8 Å². The molecule has 0 unspecified atom stereocenters. The molecule has 6 aromatic carbocycles. The summed E-state index contributed by atoms with van der Waals surface area (Å²) in [6, 6.07) is 32.9. The number of benzene rings is 6. The van der Waals surface area contributed by atoms with E-state index in [0.29, 0.717) is 11.6 Å². The summed E-state index contributed by atoms with van der Waals surface area (Å²) in [6.45, 7) is 6.68. The molecule has 0 spiro atoms. The summed E-state index contributed by atoms with van der Waals surface area (Å²) in [6.07, 6.45) is 2.54. The van der Waals surface area contributed by atoms with Crippen molar-refractivity contribution in [2.45, 2.75) is 69.5 Å². The standard InChI is InChI=1S/C46H49N5O4S/c1-29(2)27-48-28-32-24-42-38-13-7-12-37(39(38)20-21-40(42)36-11-6-5-9-34(32)36)41-19-16-31-8-3-4-10-35(31)45(41)50-44(52)25-43-46(53)49-22-23-51(43)56(54,55)33-17-14-30(26-47)15-18-33/h3-6,8-11,14-21,24,29,37,43,48H,7,12-13,22-23,25-28,47H2,1-2H3,(H,49,53)(H,50,52)/t37-,43-/m1/s1. The number of fused-ring (bicyclic) bond motifs is 6. The van der Waals surface area contributed by atoms with Gasteiger partial charge in [-0.05, 0) is 105 Å². The summed E-state index contributed by atoms with van der Waals surface area (Å²) in [5, 5.41) is 16.6. The normalized spacial score (nSPS) is 17.7. The molecule has 8 rings (SSSR count). The molecular formula is C46H49N5O4S. The number of hydrogen-bond acceptors (Lipinski definition) is 6. The Balaban J connectivity index is 1.16. The SMILES string of the molecule is CC(C)CNCc1cc2c3c(ccc2c2ccccc12)[C@H](c1ccc2ccccc2c1NC(=O)C[C@@H]1C(=O)NCCN1S(=O)(=O)c1ccc(CN)cc1)CCC3. The Morgan fingerprint density at radius 1 is 0.875 bits per heavy atom. The molecule has 2 atom stereocenters.